The molecule has 0 aliphatic heterocycles. The molecule has 0 heterocycles. The Balaban J connectivity index is 2.35. The van der Waals surface area contributed by atoms with Gasteiger partial charge in [0.1, 0.15) is 23.0 Å². The molecule has 0 bridgehead atoms. The second-order valence-electron chi connectivity index (χ2n) is 4.12. The summed E-state index contributed by atoms with van der Waals surface area (Å²) in [5.74, 6) is 2.31. The number of methoxy groups -OCH3 is 2. The summed E-state index contributed by atoms with van der Waals surface area (Å²) in [5.41, 5.74) is 6.11. The molecule has 0 saturated carbocycles. The quantitative estimate of drug-likeness (QED) is 0.382. The van der Waals surface area contributed by atoms with E-state index < -0.39 is 0 Å². The average Bonchev–Trinajstić information content (AvgIpc) is 2.54. The van der Waals surface area contributed by atoms with Crippen molar-refractivity contribution in [3.05, 3.63) is 48.0 Å². The van der Waals surface area contributed by atoms with Crippen molar-refractivity contribution >= 4 is 5.84 Å². The van der Waals surface area contributed by atoms with E-state index in [-0.39, 0.29) is 5.84 Å². The molecule has 2 rings (SSSR count). The lowest BCUT2D eigenvalue weighted by atomic mass is 10.1. The van der Waals surface area contributed by atoms with Crippen molar-refractivity contribution in [3.63, 3.8) is 0 Å². The number of ether oxygens (including phenoxy) is 3. The van der Waals surface area contributed by atoms with Gasteiger partial charge in [-0.05, 0) is 36.4 Å². The van der Waals surface area contributed by atoms with Crippen LogP contribution in [0.25, 0.3) is 0 Å². The summed E-state index contributed by atoms with van der Waals surface area (Å²) >= 11 is 0. The van der Waals surface area contributed by atoms with Gasteiger partial charge in [0.15, 0.2) is 5.84 Å². The number of benzene rings is 2. The van der Waals surface area contributed by atoms with E-state index in [4.69, 9.17) is 25.2 Å². The molecule has 2 aromatic carbocycles. The summed E-state index contributed by atoms with van der Waals surface area (Å²) in [6.45, 7) is 0. The molecule has 0 aliphatic rings. The van der Waals surface area contributed by atoms with E-state index in [2.05, 4.69) is 5.16 Å². The first-order valence-electron chi connectivity index (χ1n) is 6.15. The van der Waals surface area contributed by atoms with Crippen LogP contribution >= 0.6 is 0 Å². The molecule has 110 valence electrons. The molecule has 0 unspecified atom stereocenters. The minimum Gasteiger partial charge on any atom is -0.497 e. The molecule has 0 amide bonds. The highest BCUT2D eigenvalue weighted by Crippen LogP contribution is 2.30. The first-order chi connectivity index (χ1) is 10.2. The van der Waals surface area contributed by atoms with E-state index in [1.54, 1.807) is 56.7 Å². The van der Waals surface area contributed by atoms with Crippen LogP contribution in [-0.2, 0) is 0 Å². The van der Waals surface area contributed by atoms with Gasteiger partial charge >= 0.3 is 0 Å². The third-order valence-electron chi connectivity index (χ3n) is 2.86. The molecule has 3 N–H and O–H groups in total. The van der Waals surface area contributed by atoms with Crippen molar-refractivity contribution in [1.29, 1.82) is 0 Å². The largest absolute Gasteiger partial charge is 0.497 e. The van der Waals surface area contributed by atoms with Crippen LogP contribution in [0.3, 0.4) is 0 Å². The van der Waals surface area contributed by atoms with E-state index in [0.717, 1.165) is 5.75 Å². The average molecular weight is 288 g/mol. The Hall–Kier alpha value is -2.89. The molecule has 0 fully saturated rings. The molecule has 21 heavy (non-hydrogen) atoms. The monoisotopic (exact) mass is 288 g/mol. The zero-order valence-electron chi connectivity index (χ0n) is 11.7. The van der Waals surface area contributed by atoms with Crippen molar-refractivity contribution in [2.45, 2.75) is 0 Å². The zero-order valence-corrected chi connectivity index (χ0v) is 11.7. The number of rotatable bonds is 5. The molecule has 6 heteroatoms. The van der Waals surface area contributed by atoms with Gasteiger partial charge in [0.05, 0.1) is 19.8 Å². The number of hydrogen-bond acceptors (Lipinski definition) is 5. The summed E-state index contributed by atoms with van der Waals surface area (Å²) in [5, 5.41) is 11.8. The van der Waals surface area contributed by atoms with Crippen LogP contribution in [0, 0.1) is 0 Å². The van der Waals surface area contributed by atoms with Gasteiger partial charge in [-0.1, -0.05) is 5.16 Å². The van der Waals surface area contributed by atoms with Gasteiger partial charge in [-0.3, -0.25) is 0 Å². The van der Waals surface area contributed by atoms with E-state index >= 15 is 0 Å². The Morgan fingerprint density at radius 2 is 1.52 bits per heavy atom. The Morgan fingerprint density at radius 3 is 2.10 bits per heavy atom. The van der Waals surface area contributed by atoms with Crippen LogP contribution in [-0.4, -0.2) is 25.3 Å². The molecule has 0 aliphatic carbocycles. The molecule has 6 nitrogen and oxygen atoms in total. The lowest BCUT2D eigenvalue weighted by Gasteiger charge is -2.12. The summed E-state index contributed by atoms with van der Waals surface area (Å²) in [6.07, 6.45) is 0. The van der Waals surface area contributed by atoms with Crippen LogP contribution in [0.4, 0.5) is 0 Å². The van der Waals surface area contributed by atoms with Gasteiger partial charge in [0.25, 0.3) is 0 Å². The van der Waals surface area contributed by atoms with E-state index in [1.165, 1.54) is 0 Å². The Labute approximate surface area is 122 Å². The van der Waals surface area contributed by atoms with Crippen LogP contribution in [0.5, 0.6) is 23.0 Å². The Kier molecular flexibility index (Phi) is 4.50. The maximum Gasteiger partial charge on any atom is 0.173 e. The minimum atomic E-state index is -0.0406. The fourth-order valence-electron chi connectivity index (χ4n) is 1.75. The molecular formula is C15H16N2O4. The van der Waals surface area contributed by atoms with Crippen molar-refractivity contribution in [2.75, 3.05) is 14.2 Å². The lowest BCUT2D eigenvalue weighted by molar-refractivity contribution is 0.318. The van der Waals surface area contributed by atoms with Gasteiger partial charge in [-0.15, -0.1) is 0 Å². The fourth-order valence-corrected chi connectivity index (χ4v) is 1.75. The molecular weight excluding hydrogens is 272 g/mol. The standard InChI is InChI=1S/C15H16N2O4/c1-19-10-3-5-11(6-4-10)21-14-9-12(20-2)7-8-13(14)15(16)17-18/h3-9,18H,1-2H3,(H2,16,17). The number of amidine groups is 1. The van der Waals surface area contributed by atoms with Crippen molar-refractivity contribution in [2.24, 2.45) is 10.9 Å². The van der Waals surface area contributed by atoms with Crippen LogP contribution in [0.15, 0.2) is 47.6 Å². The summed E-state index contributed by atoms with van der Waals surface area (Å²) in [7, 11) is 3.14. The summed E-state index contributed by atoms with van der Waals surface area (Å²) in [4.78, 5) is 0. The van der Waals surface area contributed by atoms with Gasteiger partial charge < -0.3 is 25.2 Å². The maximum atomic E-state index is 8.83. The third-order valence-corrected chi connectivity index (χ3v) is 2.86. The topological polar surface area (TPSA) is 86.3 Å². The van der Waals surface area contributed by atoms with Gasteiger partial charge in [0.2, 0.25) is 0 Å². The van der Waals surface area contributed by atoms with Crippen LogP contribution in [0.1, 0.15) is 5.56 Å². The molecule has 0 spiro atoms. The molecule has 2 aromatic rings. The van der Waals surface area contributed by atoms with Gasteiger partial charge in [-0.25, -0.2) is 0 Å². The molecule has 0 saturated heterocycles. The Morgan fingerprint density at radius 1 is 0.952 bits per heavy atom. The molecule has 0 aromatic heterocycles. The Bertz CT molecular complexity index is 639. The smallest absolute Gasteiger partial charge is 0.173 e. The van der Waals surface area contributed by atoms with Crippen molar-refractivity contribution < 1.29 is 19.4 Å². The molecule has 0 atom stereocenters. The predicted octanol–water partition coefficient (Wildman–Crippen LogP) is 2.59. The third kappa shape index (κ3) is 3.36. The van der Waals surface area contributed by atoms with Gasteiger partial charge in [0, 0.05) is 6.07 Å². The highest BCUT2D eigenvalue weighted by Gasteiger charge is 2.11. The van der Waals surface area contributed by atoms with Gasteiger partial charge in [-0.2, -0.15) is 0 Å². The predicted molar refractivity (Wildman–Crippen MR) is 78.6 cm³/mol. The number of oxime groups is 1. The second-order valence-corrected chi connectivity index (χ2v) is 4.12. The highest BCUT2D eigenvalue weighted by molar-refractivity contribution is 5.99. The van der Waals surface area contributed by atoms with Crippen molar-refractivity contribution in [1.82, 2.24) is 0 Å². The second kappa shape index (κ2) is 6.51. The lowest BCUT2D eigenvalue weighted by Crippen LogP contribution is -2.14. The zero-order chi connectivity index (χ0) is 15.2. The van der Waals surface area contributed by atoms with Crippen molar-refractivity contribution in [3.8, 4) is 23.0 Å². The maximum absolute atomic E-state index is 8.83. The van der Waals surface area contributed by atoms with E-state index in [1.807, 2.05) is 0 Å². The fraction of sp³-hybridized carbons (Fsp3) is 0.133. The van der Waals surface area contributed by atoms with Crippen LogP contribution in [0.2, 0.25) is 0 Å². The first-order valence-corrected chi connectivity index (χ1v) is 6.15. The summed E-state index contributed by atoms with van der Waals surface area (Å²) < 4.78 is 16.0. The highest BCUT2D eigenvalue weighted by atomic mass is 16.5. The number of nitrogens with two attached hydrogens (primary N) is 1. The SMILES string of the molecule is COc1ccc(Oc2cc(OC)ccc2/C(N)=N/O)cc1. The van der Waals surface area contributed by atoms with Crippen LogP contribution < -0.4 is 19.9 Å². The normalized spacial score (nSPS) is 11.0. The van der Waals surface area contributed by atoms with E-state index in [9.17, 15) is 0 Å². The minimum absolute atomic E-state index is 0.0406. The summed E-state index contributed by atoms with van der Waals surface area (Å²) in [6, 6.07) is 12.1. The first kappa shape index (κ1) is 14.5. The number of nitrogens with zero attached hydrogens (tertiary/aromatic N) is 1. The number of hydrogen-bond donors (Lipinski definition) is 2. The molecule has 0 radical (unpaired) electrons. The van der Waals surface area contributed by atoms with E-state index in [0.29, 0.717) is 22.8 Å².